The van der Waals surface area contributed by atoms with Gasteiger partial charge in [0.05, 0.1) is 16.2 Å². The fourth-order valence-electron chi connectivity index (χ4n) is 1.91. The van der Waals surface area contributed by atoms with E-state index in [9.17, 15) is 4.79 Å². The molecule has 17 heavy (non-hydrogen) atoms. The molecule has 1 aliphatic heterocycles. The van der Waals surface area contributed by atoms with E-state index in [2.05, 4.69) is 10.9 Å². The number of carbonyl (C=O) groups is 1. The lowest BCUT2D eigenvalue weighted by Gasteiger charge is -2.18. The molecular formula is C10H11Cl2N3O2. The third-order valence-corrected chi connectivity index (χ3v) is 3.49. The van der Waals surface area contributed by atoms with E-state index in [1.54, 1.807) is 18.2 Å². The quantitative estimate of drug-likeness (QED) is 0.645. The number of hydrogen-bond donors (Lipinski definition) is 4. The van der Waals surface area contributed by atoms with Crippen LogP contribution in [0, 0.1) is 0 Å². The largest absolute Gasteiger partial charge is 0.480 e. The average Bonchev–Trinajstić information content (AvgIpc) is 2.64. The second kappa shape index (κ2) is 4.80. The molecule has 5 N–H and O–H groups in total. The SMILES string of the molecule is NC1NNC(C(=O)O)C1c1ccc(Cl)c(Cl)c1. The molecule has 3 unspecified atom stereocenters. The summed E-state index contributed by atoms with van der Waals surface area (Å²) in [4.78, 5) is 11.1. The van der Waals surface area contributed by atoms with Crippen LogP contribution in [0.1, 0.15) is 11.5 Å². The van der Waals surface area contributed by atoms with Gasteiger partial charge in [-0.15, -0.1) is 0 Å². The van der Waals surface area contributed by atoms with Gasteiger partial charge in [0.1, 0.15) is 6.04 Å². The molecule has 5 nitrogen and oxygen atoms in total. The van der Waals surface area contributed by atoms with Crippen LogP contribution in [0.25, 0.3) is 0 Å². The van der Waals surface area contributed by atoms with E-state index in [-0.39, 0.29) is 0 Å². The highest BCUT2D eigenvalue weighted by Crippen LogP contribution is 2.30. The molecule has 0 aromatic heterocycles. The Hall–Kier alpha value is -0.850. The highest BCUT2D eigenvalue weighted by Gasteiger charge is 2.39. The first-order valence-corrected chi connectivity index (χ1v) is 5.70. The van der Waals surface area contributed by atoms with Crippen molar-refractivity contribution in [2.24, 2.45) is 5.73 Å². The number of aliphatic carboxylic acids is 1. The first-order chi connectivity index (χ1) is 8.00. The number of halogens is 2. The molecule has 0 spiro atoms. The summed E-state index contributed by atoms with van der Waals surface area (Å²) in [5, 5.41) is 9.88. The Kier molecular flexibility index (Phi) is 3.56. The van der Waals surface area contributed by atoms with E-state index in [0.717, 1.165) is 5.56 Å². The first-order valence-electron chi connectivity index (χ1n) is 4.95. The molecule has 1 heterocycles. The summed E-state index contributed by atoms with van der Waals surface area (Å²) in [5.41, 5.74) is 11.9. The molecule has 0 radical (unpaired) electrons. The summed E-state index contributed by atoms with van der Waals surface area (Å²) < 4.78 is 0. The van der Waals surface area contributed by atoms with E-state index in [1.807, 2.05) is 0 Å². The van der Waals surface area contributed by atoms with Crippen LogP contribution in [-0.2, 0) is 4.79 Å². The molecule has 92 valence electrons. The molecule has 2 rings (SSSR count). The van der Waals surface area contributed by atoms with Gasteiger partial charge in [-0.05, 0) is 17.7 Å². The van der Waals surface area contributed by atoms with Gasteiger partial charge in [-0.1, -0.05) is 29.3 Å². The highest BCUT2D eigenvalue weighted by atomic mass is 35.5. The van der Waals surface area contributed by atoms with Crippen molar-refractivity contribution in [3.63, 3.8) is 0 Å². The molecule has 1 aromatic rings. The number of carboxylic acid groups (broad SMARTS) is 1. The van der Waals surface area contributed by atoms with Gasteiger partial charge in [0.25, 0.3) is 0 Å². The van der Waals surface area contributed by atoms with Crippen LogP contribution in [0.15, 0.2) is 18.2 Å². The molecule has 0 amide bonds. The molecule has 0 saturated carbocycles. The highest BCUT2D eigenvalue weighted by molar-refractivity contribution is 6.42. The van der Waals surface area contributed by atoms with Gasteiger partial charge < -0.3 is 10.8 Å². The lowest BCUT2D eigenvalue weighted by Crippen LogP contribution is -2.39. The van der Waals surface area contributed by atoms with Gasteiger partial charge in [0, 0.05) is 5.92 Å². The number of nitrogens with one attached hydrogen (secondary N) is 2. The molecular weight excluding hydrogens is 265 g/mol. The average molecular weight is 276 g/mol. The Morgan fingerprint density at radius 3 is 2.59 bits per heavy atom. The van der Waals surface area contributed by atoms with Crippen molar-refractivity contribution in [3.8, 4) is 0 Å². The Labute approximate surface area is 108 Å². The summed E-state index contributed by atoms with van der Waals surface area (Å²) in [7, 11) is 0. The van der Waals surface area contributed by atoms with E-state index in [0.29, 0.717) is 10.0 Å². The van der Waals surface area contributed by atoms with Crippen LogP contribution in [0.2, 0.25) is 10.0 Å². The lowest BCUT2D eigenvalue weighted by atomic mass is 9.91. The van der Waals surface area contributed by atoms with Gasteiger partial charge in [0.2, 0.25) is 0 Å². The van der Waals surface area contributed by atoms with Crippen LogP contribution in [-0.4, -0.2) is 23.3 Å². The zero-order valence-corrected chi connectivity index (χ0v) is 10.2. The van der Waals surface area contributed by atoms with Gasteiger partial charge >= 0.3 is 5.97 Å². The summed E-state index contributed by atoms with van der Waals surface area (Å²) in [5.74, 6) is -1.37. The van der Waals surface area contributed by atoms with E-state index in [4.69, 9.17) is 34.0 Å². The Balaban J connectivity index is 2.36. The minimum atomic E-state index is -0.971. The molecule has 1 aliphatic rings. The van der Waals surface area contributed by atoms with E-state index >= 15 is 0 Å². The van der Waals surface area contributed by atoms with Crippen LogP contribution in [0.3, 0.4) is 0 Å². The fraction of sp³-hybridized carbons (Fsp3) is 0.300. The van der Waals surface area contributed by atoms with E-state index < -0.39 is 24.1 Å². The van der Waals surface area contributed by atoms with Crippen molar-refractivity contribution >= 4 is 29.2 Å². The maximum atomic E-state index is 11.1. The second-order valence-electron chi connectivity index (χ2n) is 3.83. The van der Waals surface area contributed by atoms with Crippen molar-refractivity contribution in [2.45, 2.75) is 18.1 Å². The minimum absolute atomic E-state index is 0.382. The van der Waals surface area contributed by atoms with Gasteiger partial charge in [-0.3, -0.25) is 4.79 Å². The Bertz CT molecular complexity index is 455. The van der Waals surface area contributed by atoms with Crippen molar-refractivity contribution in [3.05, 3.63) is 33.8 Å². The van der Waals surface area contributed by atoms with Crippen LogP contribution in [0.5, 0.6) is 0 Å². The van der Waals surface area contributed by atoms with Crippen LogP contribution >= 0.6 is 23.2 Å². The maximum absolute atomic E-state index is 11.1. The zero-order valence-electron chi connectivity index (χ0n) is 8.65. The monoisotopic (exact) mass is 275 g/mol. The maximum Gasteiger partial charge on any atom is 0.322 e. The Morgan fingerprint density at radius 2 is 2.00 bits per heavy atom. The molecule has 7 heteroatoms. The minimum Gasteiger partial charge on any atom is -0.480 e. The van der Waals surface area contributed by atoms with E-state index in [1.165, 1.54) is 0 Å². The first kappa shape index (κ1) is 12.6. The molecule has 3 atom stereocenters. The third-order valence-electron chi connectivity index (χ3n) is 2.75. The summed E-state index contributed by atoms with van der Waals surface area (Å²) in [6.45, 7) is 0. The standard InChI is InChI=1S/C10H11Cl2N3O2/c11-5-2-1-4(3-6(5)12)7-8(10(16)17)14-15-9(7)13/h1-3,7-9,14-15H,13H2,(H,16,17). The van der Waals surface area contributed by atoms with Gasteiger partial charge in [0.15, 0.2) is 0 Å². The van der Waals surface area contributed by atoms with Gasteiger partial charge in [-0.25, -0.2) is 10.9 Å². The number of hydrogen-bond acceptors (Lipinski definition) is 4. The van der Waals surface area contributed by atoms with Crippen molar-refractivity contribution in [1.82, 2.24) is 10.9 Å². The van der Waals surface area contributed by atoms with Crippen molar-refractivity contribution in [1.29, 1.82) is 0 Å². The van der Waals surface area contributed by atoms with Crippen LogP contribution < -0.4 is 16.6 Å². The van der Waals surface area contributed by atoms with Crippen molar-refractivity contribution in [2.75, 3.05) is 0 Å². The number of carboxylic acids is 1. The third kappa shape index (κ3) is 2.38. The zero-order chi connectivity index (χ0) is 12.6. The second-order valence-corrected chi connectivity index (χ2v) is 4.64. The van der Waals surface area contributed by atoms with Crippen LogP contribution in [0.4, 0.5) is 0 Å². The number of hydrazine groups is 1. The van der Waals surface area contributed by atoms with Crippen molar-refractivity contribution < 1.29 is 9.90 Å². The molecule has 1 saturated heterocycles. The predicted molar refractivity (Wildman–Crippen MR) is 64.9 cm³/mol. The number of nitrogens with two attached hydrogens (primary N) is 1. The topological polar surface area (TPSA) is 87.4 Å². The fourth-order valence-corrected chi connectivity index (χ4v) is 2.21. The Morgan fingerprint density at radius 1 is 1.29 bits per heavy atom. The summed E-state index contributed by atoms with van der Waals surface area (Å²) in [6.07, 6.45) is -0.492. The molecule has 0 aliphatic carbocycles. The normalized spacial score (nSPS) is 28.3. The van der Waals surface area contributed by atoms with Gasteiger partial charge in [-0.2, -0.15) is 0 Å². The molecule has 1 fully saturated rings. The number of benzene rings is 1. The summed E-state index contributed by atoms with van der Waals surface area (Å²) >= 11 is 11.7. The molecule has 1 aromatic carbocycles. The summed E-state index contributed by atoms with van der Waals surface area (Å²) in [6, 6.07) is 4.20. The number of rotatable bonds is 2. The predicted octanol–water partition coefficient (Wildman–Crippen LogP) is 0.923. The lowest BCUT2D eigenvalue weighted by molar-refractivity contribution is -0.139. The smallest absolute Gasteiger partial charge is 0.322 e. The molecule has 0 bridgehead atoms.